The van der Waals surface area contributed by atoms with E-state index in [4.69, 9.17) is 4.74 Å². The minimum Gasteiger partial charge on any atom is -0.388 e. The molecule has 0 aromatic heterocycles. The highest BCUT2D eigenvalue weighted by Gasteiger charge is 2.15. The van der Waals surface area contributed by atoms with Crippen molar-refractivity contribution in [1.82, 2.24) is 0 Å². The Bertz CT molecular complexity index is 363. The first-order valence-electron chi connectivity index (χ1n) is 6.85. The van der Waals surface area contributed by atoms with E-state index in [0.717, 1.165) is 38.1 Å². The lowest BCUT2D eigenvalue weighted by molar-refractivity contribution is 0.0821. The summed E-state index contributed by atoms with van der Waals surface area (Å²) in [5.41, 5.74) is 2.22. The van der Waals surface area contributed by atoms with Crippen LogP contribution in [0.5, 0.6) is 0 Å². The van der Waals surface area contributed by atoms with Gasteiger partial charge < -0.3 is 14.7 Å². The monoisotopic (exact) mass is 249 g/mol. The van der Waals surface area contributed by atoms with Crippen LogP contribution in [0, 0.1) is 0 Å². The van der Waals surface area contributed by atoms with Crippen LogP contribution in [0.2, 0.25) is 0 Å². The van der Waals surface area contributed by atoms with Crippen LogP contribution in [-0.2, 0) is 4.74 Å². The van der Waals surface area contributed by atoms with E-state index in [1.165, 1.54) is 5.69 Å². The molecule has 2 atom stereocenters. The number of benzene rings is 1. The van der Waals surface area contributed by atoms with Crippen molar-refractivity contribution in [3.05, 3.63) is 29.8 Å². The van der Waals surface area contributed by atoms with E-state index in [1.54, 1.807) is 0 Å². The molecule has 0 aliphatic carbocycles. The Kier molecular flexibility index (Phi) is 4.61. The number of hydrogen-bond acceptors (Lipinski definition) is 3. The van der Waals surface area contributed by atoms with Gasteiger partial charge in [-0.1, -0.05) is 19.1 Å². The van der Waals surface area contributed by atoms with Gasteiger partial charge in [0.15, 0.2) is 0 Å². The maximum Gasteiger partial charge on any atom is 0.0787 e. The molecule has 0 radical (unpaired) electrons. The molecule has 1 heterocycles. The molecular formula is C15H23NO2. The summed E-state index contributed by atoms with van der Waals surface area (Å²) in [7, 11) is 0. The number of rotatable bonds is 3. The quantitative estimate of drug-likeness (QED) is 0.894. The van der Waals surface area contributed by atoms with Crippen LogP contribution in [-0.4, -0.2) is 30.9 Å². The van der Waals surface area contributed by atoms with Gasteiger partial charge in [-0.25, -0.2) is 0 Å². The second kappa shape index (κ2) is 6.21. The molecule has 2 unspecified atom stereocenters. The molecule has 1 aromatic carbocycles. The van der Waals surface area contributed by atoms with Crippen LogP contribution in [0.4, 0.5) is 5.69 Å². The van der Waals surface area contributed by atoms with Crippen molar-refractivity contribution in [1.29, 1.82) is 0 Å². The van der Waals surface area contributed by atoms with Crippen molar-refractivity contribution < 1.29 is 9.84 Å². The summed E-state index contributed by atoms with van der Waals surface area (Å²) in [6.45, 7) is 6.94. The van der Waals surface area contributed by atoms with E-state index in [-0.39, 0.29) is 12.2 Å². The lowest BCUT2D eigenvalue weighted by Crippen LogP contribution is -2.30. The maximum atomic E-state index is 9.78. The summed E-state index contributed by atoms with van der Waals surface area (Å²) in [5.74, 6) is 0. The van der Waals surface area contributed by atoms with E-state index in [0.29, 0.717) is 0 Å². The summed E-state index contributed by atoms with van der Waals surface area (Å²) >= 11 is 0. The topological polar surface area (TPSA) is 32.7 Å². The Morgan fingerprint density at radius 2 is 2.11 bits per heavy atom. The number of hydrogen-bond donors (Lipinski definition) is 1. The molecule has 0 bridgehead atoms. The van der Waals surface area contributed by atoms with E-state index in [9.17, 15) is 5.11 Å². The number of anilines is 1. The van der Waals surface area contributed by atoms with Gasteiger partial charge in [0.1, 0.15) is 0 Å². The van der Waals surface area contributed by atoms with Gasteiger partial charge in [0, 0.05) is 25.4 Å². The summed E-state index contributed by atoms with van der Waals surface area (Å²) in [5, 5.41) is 9.78. The van der Waals surface area contributed by atoms with Crippen LogP contribution >= 0.6 is 0 Å². The SMILES string of the molecule is CCC(O)c1ccc(N2CCCOC(C)C2)cc1. The molecule has 3 nitrogen and oxygen atoms in total. The van der Waals surface area contributed by atoms with Crippen molar-refractivity contribution in [2.24, 2.45) is 0 Å². The minimum atomic E-state index is -0.342. The third-order valence-corrected chi connectivity index (χ3v) is 3.48. The van der Waals surface area contributed by atoms with Crippen molar-refractivity contribution in [2.75, 3.05) is 24.6 Å². The Labute approximate surface area is 109 Å². The highest BCUT2D eigenvalue weighted by molar-refractivity contribution is 5.48. The number of aliphatic hydroxyl groups excluding tert-OH is 1. The molecule has 2 rings (SSSR count). The maximum absolute atomic E-state index is 9.78. The van der Waals surface area contributed by atoms with Gasteiger partial charge in [0.25, 0.3) is 0 Å². The van der Waals surface area contributed by atoms with Gasteiger partial charge >= 0.3 is 0 Å². The summed E-state index contributed by atoms with van der Waals surface area (Å²) in [6, 6.07) is 8.26. The molecule has 100 valence electrons. The molecule has 1 N–H and O–H groups in total. The van der Waals surface area contributed by atoms with Crippen LogP contribution in [0.1, 0.15) is 38.4 Å². The standard InChI is InChI=1S/C15H23NO2/c1-3-15(17)13-5-7-14(8-6-13)16-9-4-10-18-12(2)11-16/h5-8,12,15,17H,3-4,9-11H2,1-2H3. The molecule has 0 saturated carbocycles. The van der Waals surface area contributed by atoms with Gasteiger partial charge in [0.05, 0.1) is 12.2 Å². The van der Waals surface area contributed by atoms with Crippen LogP contribution in [0.3, 0.4) is 0 Å². The summed E-state index contributed by atoms with van der Waals surface area (Å²) in [6.07, 6.45) is 1.77. The molecule has 3 heteroatoms. The Balaban J connectivity index is 2.08. The molecule has 1 aliphatic rings. The molecule has 1 fully saturated rings. The first kappa shape index (κ1) is 13.4. The summed E-state index contributed by atoms with van der Waals surface area (Å²) in [4.78, 5) is 2.36. The van der Waals surface area contributed by atoms with Gasteiger partial charge in [0.2, 0.25) is 0 Å². The lowest BCUT2D eigenvalue weighted by Gasteiger charge is -2.24. The number of aliphatic hydroxyl groups is 1. The predicted molar refractivity (Wildman–Crippen MR) is 73.9 cm³/mol. The molecule has 1 aromatic rings. The second-order valence-corrected chi connectivity index (χ2v) is 5.00. The highest BCUT2D eigenvalue weighted by atomic mass is 16.5. The van der Waals surface area contributed by atoms with E-state index in [1.807, 2.05) is 19.1 Å². The third kappa shape index (κ3) is 3.24. The number of nitrogens with zero attached hydrogens (tertiary/aromatic N) is 1. The number of ether oxygens (including phenoxy) is 1. The molecular weight excluding hydrogens is 226 g/mol. The zero-order valence-electron chi connectivity index (χ0n) is 11.3. The van der Waals surface area contributed by atoms with Crippen molar-refractivity contribution >= 4 is 5.69 Å². The Morgan fingerprint density at radius 3 is 2.78 bits per heavy atom. The van der Waals surface area contributed by atoms with Gasteiger partial charge in [-0.15, -0.1) is 0 Å². The highest BCUT2D eigenvalue weighted by Crippen LogP contribution is 2.22. The first-order valence-corrected chi connectivity index (χ1v) is 6.85. The molecule has 0 spiro atoms. The van der Waals surface area contributed by atoms with Gasteiger partial charge in [-0.2, -0.15) is 0 Å². The molecule has 0 amide bonds. The second-order valence-electron chi connectivity index (χ2n) is 5.00. The zero-order chi connectivity index (χ0) is 13.0. The molecule has 1 aliphatic heterocycles. The molecule has 18 heavy (non-hydrogen) atoms. The van der Waals surface area contributed by atoms with Crippen LogP contribution in [0.25, 0.3) is 0 Å². The first-order chi connectivity index (χ1) is 8.70. The van der Waals surface area contributed by atoms with Crippen molar-refractivity contribution in [2.45, 2.75) is 38.9 Å². The molecule has 1 saturated heterocycles. The van der Waals surface area contributed by atoms with E-state index in [2.05, 4.69) is 24.0 Å². The summed E-state index contributed by atoms with van der Waals surface area (Å²) < 4.78 is 5.65. The third-order valence-electron chi connectivity index (χ3n) is 3.48. The Morgan fingerprint density at radius 1 is 1.39 bits per heavy atom. The van der Waals surface area contributed by atoms with Crippen LogP contribution < -0.4 is 4.90 Å². The van der Waals surface area contributed by atoms with Gasteiger partial charge in [-0.05, 0) is 37.5 Å². The van der Waals surface area contributed by atoms with Crippen molar-refractivity contribution in [3.8, 4) is 0 Å². The fraction of sp³-hybridized carbons (Fsp3) is 0.600. The fourth-order valence-corrected chi connectivity index (χ4v) is 2.37. The Hall–Kier alpha value is -1.06. The average Bonchev–Trinajstić information content (AvgIpc) is 2.63. The average molecular weight is 249 g/mol. The largest absolute Gasteiger partial charge is 0.388 e. The lowest BCUT2D eigenvalue weighted by atomic mass is 10.1. The zero-order valence-corrected chi connectivity index (χ0v) is 11.3. The minimum absolute atomic E-state index is 0.286. The van der Waals surface area contributed by atoms with Crippen molar-refractivity contribution in [3.63, 3.8) is 0 Å². The normalized spacial score (nSPS) is 22.6. The smallest absolute Gasteiger partial charge is 0.0787 e. The van der Waals surface area contributed by atoms with Crippen LogP contribution in [0.15, 0.2) is 24.3 Å². The van der Waals surface area contributed by atoms with E-state index < -0.39 is 0 Å². The van der Waals surface area contributed by atoms with Gasteiger partial charge in [-0.3, -0.25) is 0 Å². The van der Waals surface area contributed by atoms with E-state index >= 15 is 0 Å². The fourth-order valence-electron chi connectivity index (χ4n) is 2.37. The predicted octanol–water partition coefficient (Wildman–Crippen LogP) is 2.75.